The molecule has 3 atom stereocenters. The van der Waals surface area contributed by atoms with Crippen molar-refractivity contribution in [3.8, 4) is 0 Å². The van der Waals surface area contributed by atoms with Crippen LogP contribution in [0.5, 0.6) is 0 Å². The van der Waals surface area contributed by atoms with Gasteiger partial charge in [-0.25, -0.2) is 21.6 Å². The smallest absolute Gasteiger partial charge is 0.303 e. The van der Waals surface area contributed by atoms with E-state index in [2.05, 4.69) is 10.1 Å². The van der Waals surface area contributed by atoms with Crippen LogP contribution in [-0.2, 0) is 34.2 Å². The molecule has 0 radical (unpaired) electrons. The fourth-order valence-electron chi connectivity index (χ4n) is 2.74. The maximum atomic E-state index is 12.6. The Balaban J connectivity index is 2.39. The molecule has 27 heavy (non-hydrogen) atoms. The van der Waals surface area contributed by atoms with Crippen LogP contribution in [0.4, 0.5) is 0 Å². The quantitative estimate of drug-likeness (QED) is 0.620. The topological polar surface area (TPSA) is 136 Å². The van der Waals surface area contributed by atoms with Crippen molar-refractivity contribution in [3.63, 3.8) is 0 Å². The first-order valence-corrected chi connectivity index (χ1v) is 12.1. The van der Waals surface area contributed by atoms with Crippen molar-refractivity contribution in [1.29, 1.82) is 0 Å². The summed E-state index contributed by atoms with van der Waals surface area (Å²) in [6.45, 7) is 6.37. The number of sulfonamides is 1. The van der Waals surface area contributed by atoms with E-state index in [1.165, 1.54) is 13.0 Å². The molecule has 0 spiro atoms. The Kier molecular flexibility index (Phi) is 6.34. The van der Waals surface area contributed by atoms with Gasteiger partial charge in [-0.2, -0.15) is 0 Å². The maximum Gasteiger partial charge on any atom is 0.303 e. The highest BCUT2D eigenvalue weighted by molar-refractivity contribution is 7.95. The molecule has 1 aliphatic rings. The zero-order valence-electron chi connectivity index (χ0n) is 15.3. The van der Waals surface area contributed by atoms with Crippen LogP contribution in [0.1, 0.15) is 45.7 Å². The Labute approximate surface area is 162 Å². The lowest BCUT2D eigenvalue weighted by atomic mass is 10.1. The van der Waals surface area contributed by atoms with Crippen LogP contribution in [0, 0.1) is 0 Å². The minimum Gasteiger partial charge on any atom is -0.453 e. The molecular weight excluding hydrogens is 416 g/mol. The van der Waals surface area contributed by atoms with E-state index in [9.17, 15) is 26.4 Å². The minimum absolute atomic E-state index is 0.00643. The van der Waals surface area contributed by atoms with Gasteiger partial charge in [-0.1, -0.05) is 6.92 Å². The molecule has 0 bridgehead atoms. The summed E-state index contributed by atoms with van der Waals surface area (Å²) in [5.74, 6) is -1.74. The Morgan fingerprint density at radius 2 is 2.04 bits per heavy atom. The van der Waals surface area contributed by atoms with Crippen molar-refractivity contribution < 1.29 is 31.2 Å². The number of nitrogens with one attached hydrogen (secondary N) is 2. The molecule has 152 valence electrons. The number of rotatable bonds is 6. The monoisotopic (exact) mass is 438 g/mol. The SMILES string of the molecule is CCNC1C[C@H](C)S(=O)(=O)c2sc(S(=O)(=O)NC(=O)C(C)OC(C)=O)cc21. The van der Waals surface area contributed by atoms with Gasteiger partial charge in [0.2, 0.25) is 0 Å². The van der Waals surface area contributed by atoms with Crippen molar-refractivity contribution in [2.24, 2.45) is 0 Å². The number of hydrogen-bond acceptors (Lipinski definition) is 9. The van der Waals surface area contributed by atoms with Gasteiger partial charge in [0.05, 0.1) is 5.25 Å². The van der Waals surface area contributed by atoms with Crippen molar-refractivity contribution in [3.05, 3.63) is 11.6 Å². The Morgan fingerprint density at radius 1 is 1.41 bits per heavy atom. The zero-order chi connectivity index (χ0) is 20.6. The molecular formula is C15H22N2O7S3. The molecule has 2 unspecified atom stereocenters. The number of fused-ring (bicyclic) bond motifs is 1. The molecule has 1 aliphatic heterocycles. The van der Waals surface area contributed by atoms with Crippen LogP contribution < -0.4 is 10.0 Å². The molecule has 9 nitrogen and oxygen atoms in total. The third-order valence-electron chi connectivity index (χ3n) is 4.10. The maximum absolute atomic E-state index is 12.6. The molecule has 2 rings (SSSR count). The van der Waals surface area contributed by atoms with E-state index in [0.29, 0.717) is 29.9 Å². The highest BCUT2D eigenvalue weighted by Crippen LogP contribution is 2.42. The van der Waals surface area contributed by atoms with Crippen molar-refractivity contribution >= 4 is 43.1 Å². The second-order valence-corrected chi connectivity index (χ2v) is 11.8. The number of sulfone groups is 1. The molecule has 1 aromatic heterocycles. The normalized spacial score (nSPS) is 22.5. The fraction of sp³-hybridized carbons (Fsp3) is 0.600. The van der Waals surface area contributed by atoms with Gasteiger partial charge < -0.3 is 10.1 Å². The van der Waals surface area contributed by atoms with Crippen molar-refractivity contribution in [1.82, 2.24) is 10.0 Å². The van der Waals surface area contributed by atoms with Crippen molar-refractivity contribution in [2.75, 3.05) is 6.54 Å². The van der Waals surface area contributed by atoms with Crippen LogP contribution in [0.2, 0.25) is 0 Å². The second kappa shape index (κ2) is 7.86. The van der Waals surface area contributed by atoms with E-state index in [1.54, 1.807) is 6.92 Å². The predicted molar refractivity (Wildman–Crippen MR) is 98.6 cm³/mol. The number of thiophene rings is 1. The number of carbonyl (C=O) groups is 2. The molecule has 0 fully saturated rings. The van der Waals surface area contributed by atoms with Gasteiger partial charge in [-0.3, -0.25) is 9.59 Å². The highest BCUT2D eigenvalue weighted by atomic mass is 32.3. The summed E-state index contributed by atoms with van der Waals surface area (Å²) in [7, 11) is -7.95. The van der Waals surface area contributed by atoms with Crippen LogP contribution >= 0.6 is 11.3 Å². The van der Waals surface area contributed by atoms with E-state index in [0.717, 1.165) is 6.92 Å². The first kappa shape index (κ1) is 21.8. The van der Waals surface area contributed by atoms with Gasteiger partial charge in [0.15, 0.2) is 15.9 Å². The number of carbonyl (C=O) groups excluding carboxylic acids is 2. The van der Waals surface area contributed by atoms with Crippen molar-refractivity contribution in [2.45, 2.75) is 59.9 Å². The fourth-order valence-corrected chi connectivity index (χ4v) is 7.78. The summed E-state index contributed by atoms with van der Waals surface area (Å²) in [4.78, 5) is 22.9. The van der Waals surface area contributed by atoms with Gasteiger partial charge in [-0.15, -0.1) is 11.3 Å². The average Bonchev–Trinajstić information content (AvgIpc) is 2.99. The van der Waals surface area contributed by atoms with E-state index < -0.39 is 43.1 Å². The molecule has 1 amide bonds. The lowest BCUT2D eigenvalue weighted by molar-refractivity contribution is -0.152. The molecule has 1 aromatic rings. The van der Waals surface area contributed by atoms with Gasteiger partial charge in [0, 0.05) is 18.5 Å². The summed E-state index contributed by atoms with van der Waals surface area (Å²) in [6.07, 6.45) is -0.972. The Bertz CT molecular complexity index is 950. The van der Waals surface area contributed by atoms with E-state index in [4.69, 9.17) is 0 Å². The molecule has 12 heteroatoms. The predicted octanol–water partition coefficient (Wildman–Crippen LogP) is 0.721. The number of hydrogen-bond donors (Lipinski definition) is 2. The Morgan fingerprint density at radius 3 is 2.59 bits per heavy atom. The second-order valence-electron chi connectivity index (χ2n) is 6.23. The van der Waals surface area contributed by atoms with Gasteiger partial charge in [-0.05, 0) is 32.9 Å². The largest absolute Gasteiger partial charge is 0.453 e. The summed E-state index contributed by atoms with van der Waals surface area (Å²) in [5.41, 5.74) is 0.390. The van der Waals surface area contributed by atoms with Crippen LogP contribution in [0.3, 0.4) is 0 Å². The molecule has 0 aromatic carbocycles. The van der Waals surface area contributed by atoms with Crippen LogP contribution in [0.15, 0.2) is 14.5 Å². The summed E-state index contributed by atoms with van der Waals surface area (Å²) in [5, 5.41) is 2.51. The van der Waals surface area contributed by atoms with Crippen LogP contribution in [-0.4, -0.2) is 46.6 Å². The minimum atomic E-state index is -4.30. The summed E-state index contributed by atoms with van der Waals surface area (Å²) >= 11 is 0.612. The van der Waals surface area contributed by atoms with E-state index in [-0.39, 0.29) is 14.5 Å². The molecule has 0 saturated heterocycles. The summed E-state index contributed by atoms with van der Waals surface area (Å²) in [6, 6.07) is 0.988. The van der Waals surface area contributed by atoms with E-state index in [1.807, 2.05) is 11.6 Å². The van der Waals surface area contributed by atoms with Crippen LogP contribution in [0.25, 0.3) is 0 Å². The number of esters is 1. The zero-order valence-corrected chi connectivity index (χ0v) is 17.8. The standard InChI is InChI=1S/C15H22N2O7S3/c1-5-16-12-6-8(2)26(20,21)15-11(12)7-13(25-15)27(22,23)17-14(19)9(3)24-10(4)18/h7-9,12,16H,5-6H2,1-4H3,(H,17,19)/t8-,9?,12?/m0/s1. The Hall–Kier alpha value is -1.50. The average molecular weight is 439 g/mol. The third kappa shape index (κ3) is 4.50. The molecule has 2 N–H and O–H groups in total. The first-order valence-electron chi connectivity index (χ1n) is 8.25. The van der Waals surface area contributed by atoms with Gasteiger partial charge in [0.25, 0.3) is 15.9 Å². The number of ether oxygens (including phenoxy) is 1. The lowest BCUT2D eigenvalue weighted by Crippen LogP contribution is -2.39. The first-order chi connectivity index (χ1) is 12.4. The lowest BCUT2D eigenvalue weighted by Gasteiger charge is -2.27. The highest BCUT2D eigenvalue weighted by Gasteiger charge is 2.40. The summed E-state index contributed by atoms with van der Waals surface area (Å²) < 4.78 is 56.4. The third-order valence-corrected chi connectivity index (χ3v) is 9.81. The van der Waals surface area contributed by atoms with Gasteiger partial charge >= 0.3 is 5.97 Å². The number of amides is 1. The molecule has 2 heterocycles. The molecule has 0 saturated carbocycles. The van der Waals surface area contributed by atoms with Gasteiger partial charge in [0.1, 0.15) is 8.42 Å². The van der Waals surface area contributed by atoms with E-state index >= 15 is 0 Å². The molecule has 0 aliphatic carbocycles.